The lowest BCUT2D eigenvalue weighted by molar-refractivity contribution is -0.0513. The molecule has 0 bridgehead atoms. The van der Waals surface area contributed by atoms with Crippen LogP contribution in [-0.4, -0.2) is 72.4 Å². The summed E-state index contributed by atoms with van der Waals surface area (Å²) in [6.45, 7) is 9.81. The smallest absolute Gasteiger partial charge is 0.254 e. The number of halogens is 1. The lowest BCUT2D eigenvalue weighted by Gasteiger charge is -2.37. The molecule has 1 N–H and O–H groups in total. The van der Waals surface area contributed by atoms with Crippen LogP contribution >= 0.6 is 0 Å². The number of β-amino-alcohol motifs (C(OH)–C–C–N with tert-alkyl or cyclic N) is 1. The molecule has 26 heavy (non-hydrogen) atoms. The van der Waals surface area contributed by atoms with Crippen LogP contribution in [0.25, 0.3) is 0 Å². The molecular weight excluding hydrogens is 335 g/mol. The van der Waals surface area contributed by atoms with E-state index in [0.717, 1.165) is 13.0 Å². The van der Waals surface area contributed by atoms with Crippen molar-refractivity contribution in [3.63, 3.8) is 0 Å². The van der Waals surface area contributed by atoms with Crippen LogP contribution in [0.3, 0.4) is 0 Å². The van der Waals surface area contributed by atoms with Gasteiger partial charge in [-0.2, -0.15) is 0 Å². The number of ether oxygens (including phenoxy) is 1. The minimum Gasteiger partial charge on any atom is -0.392 e. The van der Waals surface area contributed by atoms with Crippen molar-refractivity contribution in [1.29, 1.82) is 0 Å². The average molecular weight is 366 g/mol. The van der Waals surface area contributed by atoms with E-state index in [1.807, 2.05) is 6.92 Å². The van der Waals surface area contributed by atoms with Gasteiger partial charge >= 0.3 is 0 Å². The first-order chi connectivity index (χ1) is 12.4. The van der Waals surface area contributed by atoms with Crippen molar-refractivity contribution in [2.45, 2.75) is 39.4 Å². The third-order valence-corrected chi connectivity index (χ3v) is 4.53. The predicted molar refractivity (Wildman–Crippen MR) is 99.6 cm³/mol. The zero-order valence-electron chi connectivity index (χ0n) is 16.0. The van der Waals surface area contributed by atoms with E-state index in [-0.39, 0.29) is 18.1 Å². The summed E-state index contributed by atoms with van der Waals surface area (Å²) in [7, 11) is 0. The second-order valence-corrected chi connectivity index (χ2v) is 7.43. The molecule has 1 aromatic carbocycles. The SMILES string of the molecule is CCC(O)CN1CCOC(CN(CC(C)C)C(=O)c2cccc(F)c2)C1. The van der Waals surface area contributed by atoms with Crippen molar-refractivity contribution >= 4 is 5.91 Å². The predicted octanol–water partition coefficient (Wildman–Crippen LogP) is 2.40. The Morgan fingerprint density at radius 3 is 2.88 bits per heavy atom. The van der Waals surface area contributed by atoms with Gasteiger partial charge in [-0.25, -0.2) is 4.39 Å². The summed E-state index contributed by atoms with van der Waals surface area (Å²) < 4.78 is 19.3. The van der Waals surface area contributed by atoms with Gasteiger partial charge in [0.05, 0.1) is 18.8 Å². The molecule has 0 saturated carbocycles. The molecule has 1 fully saturated rings. The molecule has 0 aliphatic carbocycles. The average Bonchev–Trinajstić information content (AvgIpc) is 2.60. The maximum atomic E-state index is 13.5. The standard InChI is InChI=1S/C20H31FN2O3/c1-4-18(24)12-22-8-9-26-19(13-22)14-23(11-15(2)3)20(25)16-6-5-7-17(21)10-16/h5-7,10,15,18-19,24H,4,8-9,11-14H2,1-3H3. The van der Waals surface area contributed by atoms with E-state index >= 15 is 0 Å². The maximum Gasteiger partial charge on any atom is 0.254 e. The highest BCUT2D eigenvalue weighted by atomic mass is 19.1. The monoisotopic (exact) mass is 366 g/mol. The molecule has 2 rings (SSSR count). The first kappa shape index (κ1) is 20.8. The minimum atomic E-state index is -0.408. The summed E-state index contributed by atoms with van der Waals surface area (Å²) in [5.74, 6) is -0.282. The molecule has 6 heteroatoms. The normalized spacial score (nSPS) is 19.5. The number of hydrogen-bond donors (Lipinski definition) is 1. The lowest BCUT2D eigenvalue weighted by Crippen LogP contribution is -2.50. The van der Waals surface area contributed by atoms with Crippen LogP contribution in [0.4, 0.5) is 4.39 Å². The number of aliphatic hydroxyl groups excluding tert-OH is 1. The third kappa shape index (κ3) is 6.34. The van der Waals surface area contributed by atoms with Crippen molar-refractivity contribution < 1.29 is 19.0 Å². The molecule has 5 nitrogen and oxygen atoms in total. The van der Waals surface area contributed by atoms with Crippen LogP contribution in [-0.2, 0) is 4.74 Å². The Morgan fingerprint density at radius 2 is 2.23 bits per heavy atom. The first-order valence-corrected chi connectivity index (χ1v) is 9.45. The van der Waals surface area contributed by atoms with Crippen LogP contribution in [0.1, 0.15) is 37.6 Å². The van der Waals surface area contributed by atoms with Gasteiger partial charge in [0.2, 0.25) is 0 Å². The Hall–Kier alpha value is -1.50. The molecular formula is C20H31FN2O3. The van der Waals surface area contributed by atoms with E-state index < -0.39 is 5.82 Å². The molecule has 2 atom stereocenters. The second kappa shape index (κ2) is 10.00. The van der Waals surface area contributed by atoms with Crippen LogP contribution in [0.5, 0.6) is 0 Å². The van der Waals surface area contributed by atoms with E-state index in [1.165, 1.54) is 12.1 Å². The number of hydrogen-bond acceptors (Lipinski definition) is 4. The fourth-order valence-electron chi connectivity index (χ4n) is 3.21. The number of rotatable bonds is 8. The van der Waals surface area contributed by atoms with Crippen molar-refractivity contribution in [3.8, 4) is 0 Å². The fraction of sp³-hybridized carbons (Fsp3) is 0.650. The highest BCUT2D eigenvalue weighted by Crippen LogP contribution is 2.14. The van der Waals surface area contributed by atoms with E-state index in [0.29, 0.717) is 44.3 Å². The summed E-state index contributed by atoms with van der Waals surface area (Å²) in [5, 5.41) is 9.88. The Kier molecular flexibility index (Phi) is 8.00. The summed E-state index contributed by atoms with van der Waals surface area (Å²) in [6, 6.07) is 5.82. The van der Waals surface area contributed by atoms with Gasteiger partial charge in [0.1, 0.15) is 5.82 Å². The van der Waals surface area contributed by atoms with Gasteiger partial charge in [0.15, 0.2) is 0 Å². The van der Waals surface area contributed by atoms with Crippen LogP contribution < -0.4 is 0 Å². The van der Waals surface area contributed by atoms with Crippen molar-refractivity contribution in [2.24, 2.45) is 5.92 Å². The number of carbonyl (C=O) groups excluding carboxylic acids is 1. The van der Waals surface area contributed by atoms with Crippen LogP contribution in [0, 0.1) is 11.7 Å². The molecule has 1 aromatic rings. The van der Waals surface area contributed by atoms with Gasteiger partial charge in [0.25, 0.3) is 5.91 Å². The molecule has 0 aromatic heterocycles. The molecule has 1 aliphatic rings. The zero-order valence-corrected chi connectivity index (χ0v) is 16.0. The number of carbonyl (C=O) groups is 1. The quantitative estimate of drug-likeness (QED) is 0.768. The van der Waals surface area contributed by atoms with Gasteiger partial charge in [0, 0.05) is 38.3 Å². The van der Waals surface area contributed by atoms with Gasteiger partial charge in [-0.1, -0.05) is 26.8 Å². The van der Waals surface area contributed by atoms with Crippen molar-refractivity contribution in [2.75, 3.05) is 39.3 Å². The molecule has 1 amide bonds. The Morgan fingerprint density at radius 1 is 1.46 bits per heavy atom. The molecule has 0 radical (unpaired) electrons. The second-order valence-electron chi connectivity index (χ2n) is 7.43. The Bertz CT molecular complexity index is 582. The lowest BCUT2D eigenvalue weighted by atomic mass is 10.1. The summed E-state index contributed by atoms with van der Waals surface area (Å²) in [4.78, 5) is 16.8. The van der Waals surface area contributed by atoms with Gasteiger partial charge in [-0.15, -0.1) is 0 Å². The van der Waals surface area contributed by atoms with E-state index in [1.54, 1.807) is 17.0 Å². The van der Waals surface area contributed by atoms with Crippen molar-refractivity contribution in [3.05, 3.63) is 35.6 Å². The Labute approximate surface area is 155 Å². The van der Waals surface area contributed by atoms with E-state index in [4.69, 9.17) is 4.74 Å². The molecule has 1 aliphatic heterocycles. The fourth-order valence-corrected chi connectivity index (χ4v) is 3.21. The molecule has 1 saturated heterocycles. The highest BCUT2D eigenvalue weighted by molar-refractivity contribution is 5.94. The maximum absolute atomic E-state index is 13.5. The van der Waals surface area contributed by atoms with E-state index in [9.17, 15) is 14.3 Å². The molecule has 2 unspecified atom stereocenters. The van der Waals surface area contributed by atoms with Gasteiger partial charge in [-0.05, 0) is 30.5 Å². The van der Waals surface area contributed by atoms with Gasteiger partial charge in [-0.3, -0.25) is 9.69 Å². The number of benzene rings is 1. The summed E-state index contributed by atoms with van der Waals surface area (Å²) >= 11 is 0. The highest BCUT2D eigenvalue weighted by Gasteiger charge is 2.27. The van der Waals surface area contributed by atoms with E-state index in [2.05, 4.69) is 18.7 Å². The number of aliphatic hydroxyl groups is 1. The molecule has 1 heterocycles. The minimum absolute atomic E-state index is 0.107. The Balaban J connectivity index is 2.03. The summed E-state index contributed by atoms with van der Waals surface area (Å²) in [6.07, 6.45) is 0.276. The van der Waals surface area contributed by atoms with Crippen LogP contribution in [0.2, 0.25) is 0 Å². The number of nitrogens with zero attached hydrogens (tertiary/aromatic N) is 2. The topological polar surface area (TPSA) is 53.0 Å². The molecule has 0 spiro atoms. The summed E-state index contributed by atoms with van der Waals surface area (Å²) in [5.41, 5.74) is 0.361. The van der Waals surface area contributed by atoms with Gasteiger partial charge < -0.3 is 14.7 Å². The van der Waals surface area contributed by atoms with Crippen molar-refractivity contribution in [1.82, 2.24) is 9.80 Å². The number of amides is 1. The zero-order chi connectivity index (χ0) is 19.1. The molecule has 146 valence electrons. The third-order valence-electron chi connectivity index (χ3n) is 4.53. The first-order valence-electron chi connectivity index (χ1n) is 9.45. The number of morpholine rings is 1. The van der Waals surface area contributed by atoms with Crippen LogP contribution in [0.15, 0.2) is 24.3 Å². The largest absolute Gasteiger partial charge is 0.392 e.